The van der Waals surface area contributed by atoms with Crippen LogP contribution in [0.3, 0.4) is 0 Å². The van der Waals surface area contributed by atoms with Crippen LogP contribution >= 0.6 is 0 Å². The van der Waals surface area contributed by atoms with E-state index in [0.29, 0.717) is 18.1 Å². The van der Waals surface area contributed by atoms with Crippen LogP contribution < -0.4 is 19.5 Å². The molecule has 0 aliphatic rings. The molecule has 0 aliphatic carbocycles. The van der Waals surface area contributed by atoms with Crippen molar-refractivity contribution < 1.29 is 28.9 Å². The molecule has 0 saturated carbocycles. The topological polar surface area (TPSA) is 94.1 Å². The highest BCUT2D eigenvalue weighted by atomic mass is 16.5. The van der Waals surface area contributed by atoms with E-state index >= 15 is 0 Å². The van der Waals surface area contributed by atoms with E-state index in [0.717, 1.165) is 11.3 Å². The third-order valence-electron chi connectivity index (χ3n) is 4.23. The number of carboxylic acid groups (broad SMARTS) is 1. The molecule has 0 bridgehead atoms. The van der Waals surface area contributed by atoms with Crippen LogP contribution in [-0.2, 0) is 11.2 Å². The lowest BCUT2D eigenvalue weighted by molar-refractivity contribution is -0.141. The Morgan fingerprint density at radius 3 is 2.29 bits per heavy atom. The van der Waals surface area contributed by atoms with Gasteiger partial charge in [0, 0.05) is 6.54 Å². The van der Waals surface area contributed by atoms with E-state index in [1.165, 1.54) is 14.2 Å². The van der Waals surface area contributed by atoms with Crippen molar-refractivity contribution in [1.82, 2.24) is 5.32 Å². The summed E-state index contributed by atoms with van der Waals surface area (Å²) in [4.78, 5) is 24.2. The predicted molar refractivity (Wildman–Crippen MR) is 104 cm³/mol. The molecule has 1 amide bonds. The second-order valence-corrected chi connectivity index (χ2v) is 6.09. The number of ether oxygens (including phenoxy) is 3. The molecule has 7 heteroatoms. The van der Waals surface area contributed by atoms with Crippen LogP contribution in [0.5, 0.6) is 17.2 Å². The third kappa shape index (κ3) is 5.64. The summed E-state index contributed by atoms with van der Waals surface area (Å²) in [7, 11) is 2.96. The third-order valence-corrected chi connectivity index (χ3v) is 4.23. The fourth-order valence-corrected chi connectivity index (χ4v) is 2.72. The van der Waals surface area contributed by atoms with Gasteiger partial charge >= 0.3 is 5.97 Å². The maximum absolute atomic E-state index is 12.5. The summed E-state index contributed by atoms with van der Waals surface area (Å²) in [5, 5.41) is 12.2. The fraction of sp³-hybridized carbons (Fsp3) is 0.333. The summed E-state index contributed by atoms with van der Waals surface area (Å²) in [5.41, 5.74) is 1.14. The van der Waals surface area contributed by atoms with Gasteiger partial charge in [0.1, 0.15) is 17.2 Å². The number of nitrogens with one attached hydrogen (secondary N) is 1. The molecule has 0 aromatic heterocycles. The van der Waals surface area contributed by atoms with Crippen molar-refractivity contribution in [2.24, 2.45) is 5.92 Å². The van der Waals surface area contributed by atoms with E-state index in [-0.39, 0.29) is 18.5 Å². The molecule has 0 radical (unpaired) electrons. The lowest BCUT2D eigenvalue weighted by Crippen LogP contribution is -2.34. The Morgan fingerprint density at radius 1 is 1.04 bits per heavy atom. The van der Waals surface area contributed by atoms with Crippen molar-refractivity contribution in [3.05, 3.63) is 53.6 Å². The Labute approximate surface area is 164 Å². The van der Waals surface area contributed by atoms with Crippen molar-refractivity contribution >= 4 is 11.9 Å². The van der Waals surface area contributed by atoms with E-state index < -0.39 is 17.8 Å². The van der Waals surface area contributed by atoms with Crippen molar-refractivity contribution in [3.8, 4) is 17.2 Å². The monoisotopic (exact) mass is 387 g/mol. The van der Waals surface area contributed by atoms with Crippen LogP contribution in [0.2, 0.25) is 0 Å². The zero-order valence-electron chi connectivity index (χ0n) is 16.2. The molecule has 2 rings (SSSR count). The maximum Gasteiger partial charge on any atom is 0.308 e. The van der Waals surface area contributed by atoms with Crippen LogP contribution in [0.1, 0.15) is 22.8 Å². The van der Waals surface area contributed by atoms with Gasteiger partial charge in [0.25, 0.3) is 5.91 Å². The molecule has 0 fully saturated rings. The van der Waals surface area contributed by atoms with E-state index in [2.05, 4.69) is 5.32 Å². The molecule has 2 N–H and O–H groups in total. The van der Waals surface area contributed by atoms with Crippen LogP contribution in [0.4, 0.5) is 0 Å². The Kier molecular flexibility index (Phi) is 7.68. The fourth-order valence-electron chi connectivity index (χ4n) is 2.72. The van der Waals surface area contributed by atoms with Gasteiger partial charge in [-0.1, -0.05) is 12.1 Å². The molecule has 0 spiro atoms. The first-order chi connectivity index (χ1) is 13.5. The lowest BCUT2D eigenvalue weighted by Gasteiger charge is -2.15. The molecular formula is C21H25NO6. The summed E-state index contributed by atoms with van der Waals surface area (Å²) < 4.78 is 15.7. The molecule has 150 valence electrons. The first-order valence-corrected chi connectivity index (χ1v) is 8.93. The molecule has 28 heavy (non-hydrogen) atoms. The molecule has 0 saturated heterocycles. The number of rotatable bonds is 10. The van der Waals surface area contributed by atoms with Crippen molar-refractivity contribution in [2.45, 2.75) is 13.3 Å². The van der Waals surface area contributed by atoms with Crippen LogP contribution in [0.25, 0.3) is 0 Å². The predicted octanol–water partition coefficient (Wildman–Crippen LogP) is 2.78. The highest BCUT2D eigenvalue weighted by molar-refractivity contribution is 5.97. The first kappa shape index (κ1) is 21.1. The van der Waals surface area contributed by atoms with Gasteiger partial charge < -0.3 is 24.6 Å². The highest BCUT2D eigenvalue weighted by Gasteiger charge is 2.21. The first-order valence-electron chi connectivity index (χ1n) is 8.93. The van der Waals surface area contributed by atoms with Gasteiger partial charge in [-0.2, -0.15) is 0 Å². The summed E-state index contributed by atoms with van der Waals surface area (Å²) in [6.45, 7) is 2.45. The second kappa shape index (κ2) is 10.2. The molecule has 1 atom stereocenters. The molecule has 1 unspecified atom stereocenters. The number of carboxylic acids is 1. The number of carbonyl (C=O) groups is 2. The summed E-state index contributed by atoms with van der Waals surface area (Å²) in [6.07, 6.45) is 0.289. The minimum Gasteiger partial charge on any atom is -0.497 e. The van der Waals surface area contributed by atoms with Crippen molar-refractivity contribution in [3.63, 3.8) is 0 Å². The maximum atomic E-state index is 12.5. The van der Waals surface area contributed by atoms with E-state index in [9.17, 15) is 14.7 Å². The van der Waals surface area contributed by atoms with Crippen LogP contribution in [-0.4, -0.2) is 44.4 Å². The number of aliphatic carboxylic acids is 1. The number of methoxy groups -OCH3 is 2. The van der Waals surface area contributed by atoms with Crippen LogP contribution in [0, 0.1) is 5.92 Å². The van der Waals surface area contributed by atoms with Crippen molar-refractivity contribution in [2.75, 3.05) is 27.4 Å². The van der Waals surface area contributed by atoms with Gasteiger partial charge in [0.2, 0.25) is 0 Å². The molecule has 0 aliphatic heterocycles. The lowest BCUT2D eigenvalue weighted by atomic mass is 9.99. The summed E-state index contributed by atoms with van der Waals surface area (Å²) >= 11 is 0. The summed E-state index contributed by atoms with van der Waals surface area (Å²) in [5.74, 6) is -0.539. The normalized spacial score (nSPS) is 11.4. The molecular weight excluding hydrogens is 362 g/mol. The largest absolute Gasteiger partial charge is 0.497 e. The van der Waals surface area contributed by atoms with Gasteiger partial charge in [-0.15, -0.1) is 0 Å². The van der Waals surface area contributed by atoms with Gasteiger partial charge in [-0.3, -0.25) is 9.59 Å². The minimum absolute atomic E-state index is 0.0122. The van der Waals surface area contributed by atoms with Crippen LogP contribution in [0.15, 0.2) is 42.5 Å². The van der Waals surface area contributed by atoms with E-state index in [4.69, 9.17) is 14.2 Å². The zero-order valence-corrected chi connectivity index (χ0v) is 16.2. The smallest absolute Gasteiger partial charge is 0.308 e. The summed E-state index contributed by atoms with van der Waals surface area (Å²) in [6, 6.07) is 12.1. The zero-order chi connectivity index (χ0) is 20.5. The number of benzene rings is 2. The average Bonchev–Trinajstić information content (AvgIpc) is 2.71. The number of hydrogen-bond acceptors (Lipinski definition) is 5. The molecule has 2 aromatic carbocycles. The van der Waals surface area contributed by atoms with Gasteiger partial charge in [0.05, 0.1) is 32.3 Å². The number of hydrogen-bond donors (Lipinski definition) is 2. The quantitative estimate of drug-likeness (QED) is 0.651. The molecule has 7 nitrogen and oxygen atoms in total. The second-order valence-electron chi connectivity index (χ2n) is 6.09. The average molecular weight is 387 g/mol. The van der Waals surface area contributed by atoms with Gasteiger partial charge in [-0.05, 0) is 49.2 Å². The van der Waals surface area contributed by atoms with Gasteiger partial charge in [-0.25, -0.2) is 0 Å². The van der Waals surface area contributed by atoms with E-state index in [1.54, 1.807) is 30.3 Å². The minimum atomic E-state index is -0.980. The Bertz CT molecular complexity index is 803. The number of amides is 1. The van der Waals surface area contributed by atoms with Gasteiger partial charge in [0.15, 0.2) is 0 Å². The molecule has 0 heterocycles. The Balaban J connectivity index is 2.05. The highest BCUT2D eigenvalue weighted by Crippen LogP contribution is 2.24. The number of carbonyl (C=O) groups excluding carboxylic acids is 1. The Morgan fingerprint density at radius 2 is 1.71 bits per heavy atom. The van der Waals surface area contributed by atoms with Crippen molar-refractivity contribution in [1.29, 1.82) is 0 Å². The SMILES string of the molecule is CCOc1ccc(CC(CNC(=O)c2cc(OC)ccc2OC)C(=O)O)cc1. The Hall–Kier alpha value is -3.22. The standard InChI is InChI=1S/C21H25NO6/c1-4-28-16-7-5-14(6-8-16)11-15(21(24)25)13-22-20(23)18-12-17(26-2)9-10-19(18)27-3/h5-10,12,15H,4,11,13H2,1-3H3,(H,22,23)(H,24,25). The molecule has 2 aromatic rings. The van der Waals surface area contributed by atoms with E-state index in [1.807, 2.05) is 19.1 Å².